The second-order valence-electron chi connectivity index (χ2n) is 4.74. The van der Waals surface area contributed by atoms with Crippen molar-refractivity contribution in [2.45, 2.75) is 18.9 Å². The summed E-state index contributed by atoms with van der Waals surface area (Å²) in [6, 6.07) is 6.16. The third-order valence-corrected chi connectivity index (χ3v) is 3.09. The zero-order valence-electron chi connectivity index (χ0n) is 13.8. The molecule has 0 amide bonds. The summed E-state index contributed by atoms with van der Waals surface area (Å²) in [5, 5.41) is 0. The largest absolute Gasteiger partial charge is 0.465 e. The summed E-state index contributed by atoms with van der Waals surface area (Å²) < 4.78 is 19.0. The van der Waals surface area contributed by atoms with Crippen LogP contribution in [0.1, 0.15) is 12.5 Å². The third kappa shape index (κ3) is 3.70. The van der Waals surface area contributed by atoms with Crippen molar-refractivity contribution in [2.24, 2.45) is 0 Å². The molecule has 1 rings (SSSR count). The van der Waals surface area contributed by atoms with E-state index in [1.54, 1.807) is 18.2 Å². The second-order valence-corrected chi connectivity index (χ2v) is 4.74. The van der Waals surface area contributed by atoms with Crippen molar-refractivity contribution in [3.63, 3.8) is 0 Å². The van der Waals surface area contributed by atoms with E-state index in [0.29, 0.717) is 5.56 Å². The molecule has 0 spiro atoms. The minimum absolute atomic E-state index is 0.0181. The highest BCUT2D eigenvalue weighted by atomic mass is 16.6. The molecule has 0 fully saturated rings. The van der Waals surface area contributed by atoms with E-state index in [9.17, 15) is 19.2 Å². The van der Waals surface area contributed by atoms with Crippen molar-refractivity contribution in [2.75, 3.05) is 21.3 Å². The lowest BCUT2D eigenvalue weighted by Crippen LogP contribution is -2.59. The van der Waals surface area contributed by atoms with Gasteiger partial charge in [-0.15, -0.1) is 0 Å². The van der Waals surface area contributed by atoms with E-state index in [2.05, 4.69) is 14.2 Å². The van der Waals surface area contributed by atoms with Gasteiger partial charge in [-0.2, -0.15) is 0 Å². The van der Waals surface area contributed by atoms with Crippen LogP contribution in [0.2, 0.25) is 0 Å². The number of hydrogen-bond donors (Lipinski definition) is 0. The number of esters is 3. The molecule has 0 heterocycles. The topological polar surface area (TPSA) is 105 Å². The zero-order valence-corrected chi connectivity index (χ0v) is 13.8. The number of hydrogen-bond acceptors (Lipinski definition) is 8. The molecule has 8 heteroatoms. The van der Waals surface area contributed by atoms with E-state index in [1.165, 1.54) is 13.0 Å². The van der Waals surface area contributed by atoms with Crippen LogP contribution in [-0.2, 0) is 39.8 Å². The van der Waals surface area contributed by atoms with Crippen LogP contribution in [0.25, 0.3) is 0 Å². The number of Topliss-reactive ketones (excluding diaryl/α,β-unsaturated/α-hetero) is 1. The molecule has 130 valence electrons. The molecule has 0 saturated carbocycles. The molecule has 1 aromatic rings. The summed E-state index contributed by atoms with van der Waals surface area (Å²) in [4.78, 5) is 47.8. The Balaban J connectivity index is 3.47. The van der Waals surface area contributed by atoms with Gasteiger partial charge in [0.25, 0.3) is 0 Å². The minimum atomic E-state index is -2.79. The van der Waals surface area contributed by atoms with Crippen molar-refractivity contribution >= 4 is 23.7 Å². The molecule has 0 N–H and O–H groups in total. The molecule has 0 atom stereocenters. The van der Waals surface area contributed by atoms with Crippen LogP contribution in [0, 0.1) is 0 Å². The highest BCUT2D eigenvalue weighted by Gasteiger charge is 2.60. The first kappa shape index (κ1) is 19.1. The molecule has 0 aliphatic rings. The smallest absolute Gasteiger partial charge is 0.398 e. The van der Waals surface area contributed by atoms with Crippen molar-refractivity contribution in [3.8, 4) is 5.75 Å². The monoisotopic (exact) mass is 338 g/mol. The average molecular weight is 338 g/mol. The molecule has 24 heavy (non-hydrogen) atoms. The molecule has 0 aliphatic heterocycles. The Morgan fingerprint density at radius 2 is 1.33 bits per heavy atom. The van der Waals surface area contributed by atoms with Gasteiger partial charge >= 0.3 is 23.5 Å². The van der Waals surface area contributed by atoms with Crippen LogP contribution >= 0.6 is 0 Å². The molecule has 0 saturated heterocycles. The zero-order chi connectivity index (χ0) is 18.3. The fourth-order valence-corrected chi connectivity index (χ4v) is 1.99. The Labute approximate surface area is 138 Å². The third-order valence-electron chi connectivity index (χ3n) is 3.09. The summed E-state index contributed by atoms with van der Waals surface area (Å²) in [5.74, 6) is -4.11. The van der Waals surface area contributed by atoms with Crippen molar-refractivity contribution < 1.29 is 38.1 Å². The first-order chi connectivity index (χ1) is 11.3. The predicted octanol–water partition coefficient (Wildman–Crippen LogP) is 0.455. The van der Waals surface area contributed by atoms with Crippen molar-refractivity contribution in [3.05, 3.63) is 29.8 Å². The SMILES string of the molecule is COC(=O)C(Oc1ccccc1CC(C)=O)(C(=O)OC)C(=O)OC. The van der Waals surface area contributed by atoms with Crippen LogP contribution in [-0.4, -0.2) is 50.6 Å². The number of carbonyl (C=O) groups excluding carboxylic acids is 4. The number of ether oxygens (including phenoxy) is 4. The van der Waals surface area contributed by atoms with Crippen LogP contribution in [0.4, 0.5) is 0 Å². The van der Waals surface area contributed by atoms with E-state index in [0.717, 1.165) is 21.3 Å². The summed E-state index contributed by atoms with van der Waals surface area (Å²) in [7, 11) is 2.94. The van der Waals surface area contributed by atoms with E-state index >= 15 is 0 Å². The predicted molar refractivity (Wildman–Crippen MR) is 80.2 cm³/mol. The number of rotatable bonds is 7. The highest BCUT2D eigenvalue weighted by Crippen LogP contribution is 2.27. The quantitative estimate of drug-likeness (QED) is 0.401. The lowest BCUT2D eigenvalue weighted by Gasteiger charge is -2.27. The Hall–Kier alpha value is -2.90. The normalized spacial score (nSPS) is 10.5. The lowest BCUT2D eigenvalue weighted by molar-refractivity contribution is -0.188. The van der Waals surface area contributed by atoms with Crippen LogP contribution in [0.5, 0.6) is 5.75 Å². The van der Waals surface area contributed by atoms with Gasteiger partial charge in [0.1, 0.15) is 11.5 Å². The van der Waals surface area contributed by atoms with E-state index in [-0.39, 0.29) is 18.0 Å². The summed E-state index contributed by atoms with van der Waals surface area (Å²) >= 11 is 0. The van der Waals surface area contributed by atoms with Gasteiger partial charge in [-0.25, -0.2) is 14.4 Å². The fourth-order valence-electron chi connectivity index (χ4n) is 1.99. The summed E-state index contributed by atoms with van der Waals surface area (Å²) in [6.45, 7) is 1.37. The first-order valence-electron chi connectivity index (χ1n) is 6.85. The van der Waals surface area contributed by atoms with E-state index in [1.807, 2.05) is 0 Å². The Morgan fingerprint density at radius 3 is 1.75 bits per heavy atom. The van der Waals surface area contributed by atoms with Crippen molar-refractivity contribution in [1.29, 1.82) is 0 Å². The second kappa shape index (κ2) is 8.09. The maximum atomic E-state index is 12.2. The molecule has 1 aromatic carbocycles. The molecular weight excluding hydrogens is 320 g/mol. The van der Waals surface area contributed by atoms with Crippen LogP contribution < -0.4 is 4.74 Å². The lowest BCUT2D eigenvalue weighted by atomic mass is 10.0. The molecule has 0 aliphatic carbocycles. The Morgan fingerprint density at radius 1 is 0.875 bits per heavy atom. The van der Waals surface area contributed by atoms with Crippen molar-refractivity contribution in [1.82, 2.24) is 0 Å². The standard InChI is InChI=1S/C16H18O8/c1-10(17)9-11-7-5-6-8-12(11)24-16(13(18)21-2,14(19)22-3)15(20)23-4/h5-8H,9H2,1-4H3. The summed E-state index contributed by atoms with van der Waals surface area (Å²) in [5.41, 5.74) is -2.41. The number of ketones is 1. The number of methoxy groups -OCH3 is 3. The van der Waals surface area contributed by atoms with Gasteiger partial charge in [0.05, 0.1) is 21.3 Å². The Bertz CT molecular complexity index is 608. The van der Waals surface area contributed by atoms with Crippen LogP contribution in [0.15, 0.2) is 24.3 Å². The van der Waals surface area contributed by atoms with Gasteiger partial charge in [-0.05, 0) is 13.0 Å². The number of carbonyl (C=O) groups is 4. The maximum Gasteiger partial charge on any atom is 0.398 e. The Kier molecular flexibility index (Phi) is 6.46. The fraction of sp³-hybridized carbons (Fsp3) is 0.375. The molecule has 0 bridgehead atoms. The van der Waals surface area contributed by atoms with Gasteiger partial charge in [-0.1, -0.05) is 18.2 Å². The number of benzene rings is 1. The van der Waals surface area contributed by atoms with Gasteiger partial charge in [0.15, 0.2) is 0 Å². The summed E-state index contributed by atoms with van der Waals surface area (Å²) in [6.07, 6.45) is -0.0181. The first-order valence-corrected chi connectivity index (χ1v) is 6.85. The van der Waals surface area contributed by atoms with E-state index in [4.69, 9.17) is 4.74 Å². The minimum Gasteiger partial charge on any atom is -0.465 e. The van der Waals surface area contributed by atoms with Crippen LogP contribution in [0.3, 0.4) is 0 Å². The molecule has 8 nitrogen and oxygen atoms in total. The van der Waals surface area contributed by atoms with Gasteiger partial charge in [0.2, 0.25) is 0 Å². The van der Waals surface area contributed by atoms with Gasteiger partial charge in [-0.3, -0.25) is 4.79 Å². The highest BCUT2D eigenvalue weighted by molar-refractivity contribution is 6.22. The maximum absolute atomic E-state index is 12.2. The molecule has 0 aromatic heterocycles. The average Bonchev–Trinajstić information content (AvgIpc) is 2.58. The molecule has 0 unspecified atom stereocenters. The van der Waals surface area contributed by atoms with Gasteiger partial charge < -0.3 is 18.9 Å². The molecule has 0 radical (unpaired) electrons. The van der Waals surface area contributed by atoms with E-state index < -0.39 is 23.5 Å². The number of para-hydroxylation sites is 1. The van der Waals surface area contributed by atoms with Gasteiger partial charge in [0, 0.05) is 12.0 Å². The molecular formula is C16H18O8.